The molecule has 3 rings (SSSR count). The number of hydrogen-bond donors (Lipinski definition) is 1. The van der Waals surface area contributed by atoms with E-state index in [4.69, 9.17) is 9.47 Å². The van der Waals surface area contributed by atoms with Crippen LogP contribution < -0.4 is 14.8 Å². The minimum atomic E-state index is -3.75. The molecule has 0 unspecified atom stereocenters. The van der Waals surface area contributed by atoms with Gasteiger partial charge in [0.1, 0.15) is 0 Å². The molecule has 2 aromatic rings. The van der Waals surface area contributed by atoms with E-state index in [2.05, 4.69) is 10.3 Å². The summed E-state index contributed by atoms with van der Waals surface area (Å²) in [5, 5.41) is 2.88. The van der Waals surface area contributed by atoms with Crippen LogP contribution in [0.15, 0.2) is 47.6 Å². The Morgan fingerprint density at radius 1 is 1.24 bits per heavy atom. The van der Waals surface area contributed by atoms with Gasteiger partial charge in [-0.25, -0.2) is 8.42 Å². The average Bonchev–Trinajstić information content (AvgIpc) is 2.77. The second kappa shape index (κ2) is 9.23. The third kappa shape index (κ3) is 4.86. The molecule has 1 atom stereocenters. The van der Waals surface area contributed by atoms with Gasteiger partial charge >= 0.3 is 0 Å². The quantitative estimate of drug-likeness (QED) is 0.735. The number of carbonyl (C=O) groups excluding carboxylic acids is 1. The molecule has 8 nitrogen and oxygen atoms in total. The zero-order chi connectivity index (χ0) is 20.9. The van der Waals surface area contributed by atoms with Gasteiger partial charge in [0.05, 0.1) is 25.0 Å². The molecule has 1 fully saturated rings. The van der Waals surface area contributed by atoms with Crippen molar-refractivity contribution in [3.8, 4) is 11.5 Å². The summed E-state index contributed by atoms with van der Waals surface area (Å²) >= 11 is 0. The Morgan fingerprint density at radius 3 is 2.72 bits per heavy atom. The van der Waals surface area contributed by atoms with Crippen molar-refractivity contribution < 1.29 is 22.7 Å². The number of aromatic nitrogens is 1. The molecule has 0 radical (unpaired) electrons. The van der Waals surface area contributed by atoms with Crippen molar-refractivity contribution in [2.45, 2.75) is 24.3 Å². The van der Waals surface area contributed by atoms with Gasteiger partial charge < -0.3 is 14.8 Å². The van der Waals surface area contributed by atoms with Crippen LogP contribution in [0.4, 0.5) is 0 Å². The molecule has 156 valence electrons. The summed E-state index contributed by atoms with van der Waals surface area (Å²) in [6.07, 6.45) is 4.63. The summed E-state index contributed by atoms with van der Waals surface area (Å²) < 4.78 is 37.9. The van der Waals surface area contributed by atoms with Crippen molar-refractivity contribution in [3.63, 3.8) is 0 Å². The first-order valence-corrected chi connectivity index (χ1v) is 10.8. The number of rotatable bonds is 7. The molecular formula is C20H25N3O5S. The topological polar surface area (TPSA) is 97.8 Å². The fraction of sp³-hybridized carbons (Fsp3) is 0.400. The van der Waals surface area contributed by atoms with E-state index >= 15 is 0 Å². The van der Waals surface area contributed by atoms with Crippen molar-refractivity contribution in [1.29, 1.82) is 0 Å². The van der Waals surface area contributed by atoms with Crippen LogP contribution >= 0.6 is 0 Å². The van der Waals surface area contributed by atoms with E-state index in [9.17, 15) is 13.2 Å². The number of nitrogens with zero attached hydrogens (tertiary/aromatic N) is 2. The molecular weight excluding hydrogens is 394 g/mol. The predicted octanol–water partition coefficient (Wildman–Crippen LogP) is 1.82. The molecule has 1 aliphatic heterocycles. The number of pyridine rings is 1. The molecule has 1 aromatic carbocycles. The summed E-state index contributed by atoms with van der Waals surface area (Å²) in [6, 6.07) is 8.18. The van der Waals surface area contributed by atoms with Gasteiger partial charge in [0, 0.05) is 38.1 Å². The van der Waals surface area contributed by atoms with E-state index < -0.39 is 15.9 Å². The first-order chi connectivity index (χ1) is 14.0. The van der Waals surface area contributed by atoms with Crippen LogP contribution in [0.3, 0.4) is 0 Å². The van der Waals surface area contributed by atoms with Crippen LogP contribution in [0.2, 0.25) is 0 Å². The van der Waals surface area contributed by atoms with Gasteiger partial charge in [-0.15, -0.1) is 0 Å². The smallest absolute Gasteiger partial charge is 0.243 e. The van der Waals surface area contributed by atoms with E-state index in [1.165, 1.54) is 30.7 Å². The highest BCUT2D eigenvalue weighted by Gasteiger charge is 2.33. The maximum absolute atomic E-state index is 13.1. The molecule has 29 heavy (non-hydrogen) atoms. The summed E-state index contributed by atoms with van der Waals surface area (Å²) in [5.74, 6) is 0.255. The number of piperidine rings is 1. The number of hydrogen-bond acceptors (Lipinski definition) is 6. The Bertz CT molecular complexity index is 950. The van der Waals surface area contributed by atoms with Crippen LogP contribution in [-0.2, 0) is 21.4 Å². The summed E-state index contributed by atoms with van der Waals surface area (Å²) in [4.78, 5) is 16.7. The monoisotopic (exact) mass is 419 g/mol. The maximum atomic E-state index is 13.1. The highest BCUT2D eigenvalue weighted by atomic mass is 32.2. The van der Waals surface area contributed by atoms with Gasteiger partial charge in [0.2, 0.25) is 15.9 Å². The SMILES string of the molecule is COc1ccc(S(=O)(=O)N2CCC[C@H](C(=O)NCc3cccnc3)C2)cc1OC. The number of amides is 1. The predicted molar refractivity (Wildman–Crippen MR) is 107 cm³/mol. The molecule has 1 N–H and O–H groups in total. The lowest BCUT2D eigenvalue weighted by atomic mass is 9.99. The van der Waals surface area contributed by atoms with Crippen LogP contribution in [-0.4, -0.2) is 50.9 Å². The molecule has 0 spiro atoms. The summed E-state index contributed by atoms with van der Waals surface area (Å²) in [6.45, 7) is 0.893. The Labute approximate surface area is 170 Å². The van der Waals surface area contributed by atoms with Gasteiger partial charge in [-0.2, -0.15) is 4.31 Å². The second-order valence-electron chi connectivity index (χ2n) is 6.80. The largest absolute Gasteiger partial charge is 0.493 e. The Kier molecular flexibility index (Phi) is 6.71. The molecule has 1 saturated heterocycles. The van der Waals surface area contributed by atoms with Crippen LogP contribution in [0.1, 0.15) is 18.4 Å². The third-order valence-electron chi connectivity index (χ3n) is 4.94. The normalized spacial score (nSPS) is 17.5. The Morgan fingerprint density at radius 2 is 2.03 bits per heavy atom. The second-order valence-corrected chi connectivity index (χ2v) is 8.74. The molecule has 0 saturated carbocycles. The number of nitrogens with one attached hydrogen (secondary N) is 1. The van der Waals surface area contributed by atoms with Crippen molar-refractivity contribution in [2.24, 2.45) is 5.92 Å². The van der Waals surface area contributed by atoms with Crippen molar-refractivity contribution in [1.82, 2.24) is 14.6 Å². The van der Waals surface area contributed by atoms with E-state index in [-0.39, 0.29) is 17.3 Å². The van der Waals surface area contributed by atoms with Gasteiger partial charge in [-0.3, -0.25) is 9.78 Å². The summed E-state index contributed by atoms with van der Waals surface area (Å²) in [5.41, 5.74) is 0.895. The Hall–Kier alpha value is -2.65. The lowest BCUT2D eigenvalue weighted by Crippen LogP contribution is -2.45. The van der Waals surface area contributed by atoms with E-state index in [0.717, 1.165) is 5.56 Å². The van der Waals surface area contributed by atoms with E-state index in [1.54, 1.807) is 24.5 Å². The molecule has 2 heterocycles. The minimum absolute atomic E-state index is 0.117. The number of carbonyl (C=O) groups is 1. The average molecular weight is 420 g/mol. The van der Waals surface area contributed by atoms with Crippen LogP contribution in [0.5, 0.6) is 11.5 Å². The fourth-order valence-electron chi connectivity index (χ4n) is 3.34. The zero-order valence-electron chi connectivity index (χ0n) is 16.5. The molecule has 9 heteroatoms. The van der Waals surface area contributed by atoms with Gasteiger partial charge in [-0.05, 0) is 36.6 Å². The third-order valence-corrected chi connectivity index (χ3v) is 6.80. The van der Waals surface area contributed by atoms with E-state index in [0.29, 0.717) is 37.4 Å². The molecule has 0 aliphatic carbocycles. The Balaban J connectivity index is 1.70. The zero-order valence-corrected chi connectivity index (χ0v) is 17.3. The van der Waals surface area contributed by atoms with Crippen molar-refractivity contribution >= 4 is 15.9 Å². The lowest BCUT2D eigenvalue weighted by Gasteiger charge is -2.31. The molecule has 1 amide bonds. The molecule has 1 aromatic heterocycles. The highest BCUT2D eigenvalue weighted by molar-refractivity contribution is 7.89. The minimum Gasteiger partial charge on any atom is -0.493 e. The standard InChI is InChI=1S/C20H25N3O5S/c1-27-18-8-7-17(11-19(18)28-2)29(25,26)23-10-4-6-16(14-23)20(24)22-13-15-5-3-9-21-12-15/h3,5,7-9,11-12,16H,4,6,10,13-14H2,1-2H3,(H,22,24)/t16-/m0/s1. The number of ether oxygens (including phenoxy) is 2. The maximum Gasteiger partial charge on any atom is 0.243 e. The van der Waals surface area contributed by atoms with Gasteiger partial charge in [-0.1, -0.05) is 6.07 Å². The van der Waals surface area contributed by atoms with Gasteiger partial charge in [0.15, 0.2) is 11.5 Å². The van der Waals surface area contributed by atoms with E-state index in [1.807, 2.05) is 6.07 Å². The molecule has 1 aliphatic rings. The fourth-order valence-corrected chi connectivity index (χ4v) is 4.88. The van der Waals surface area contributed by atoms with Crippen molar-refractivity contribution in [3.05, 3.63) is 48.3 Å². The number of sulfonamides is 1. The first kappa shape index (κ1) is 21.1. The summed E-state index contributed by atoms with van der Waals surface area (Å²) in [7, 11) is -0.798. The van der Waals surface area contributed by atoms with Gasteiger partial charge in [0.25, 0.3) is 0 Å². The number of methoxy groups -OCH3 is 2. The van der Waals surface area contributed by atoms with Crippen LogP contribution in [0, 0.1) is 5.92 Å². The first-order valence-electron chi connectivity index (χ1n) is 9.34. The van der Waals surface area contributed by atoms with Crippen LogP contribution in [0.25, 0.3) is 0 Å². The lowest BCUT2D eigenvalue weighted by molar-refractivity contribution is -0.126. The number of benzene rings is 1. The van der Waals surface area contributed by atoms with Crippen molar-refractivity contribution in [2.75, 3.05) is 27.3 Å². The molecule has 0 bridgehead atoms. The highest BCUT2D eigenvalue weighted by Crippen LogP contribution is 2.32.